The van der Waals surface area contributed by atoms with Crippen molar-refractivity contribution in [1.29, 1.82) is 0 Å². The van der Waals surface area contributed by atoms with E-state index in [1.165, 1.54) is 24.0 Å². The minimum absolute atomic E-state index is 0. The van der Waals surface area contributed by atoms with Gasteiger partial charge in [0.05, 0.1) is 6.04 Å². The van der Waals surface area contributed by atoms with Crippen LogP contribution in [-0.4, -0.2) is 44.5 Å². The van der Waals surface area contributed by atoms with Crippen LogP contribution in [0.2, 0.25) is 0 Å². The SMILES string of the molecule is CCc1ccc(C(CNC(=O)CC(C)C2CCNCC2)N(C)C)cc1.Cl.Cl. The molecular weight excluding hydrogens is 381 g/mol. The van der Waals surface area contributed by atoms with Crippen LogP contribution in [0.15, 0.2) is 24.3 Å². The van der Waals surface area contributed by atoms with Crippen LogP contribution in [0.5, 0.6) is 0 Å². The predicted octanol–water partition coefficient (Wildman–Crippen LogP) is 3.84. The Morgan fingerprint density at radius 2 is 1.78 bits per heavy atom. The first kappa shape index (κ1) is 26.2. The lowest BCUT2D eigenvalue weighted by molar-refractivity contribution is -0.122. The Bertz CT molecular complexity index is 531. The van der Waals surface area contributed by atoms with Crippen LogP contribution < -0.4 is 10.6 Å². The Morgan fingerprint density at radius 3 is 2.30 bits per heavy atom. The second-order valence-corrected chi connectivity index (χ2v) is 7.65. The first-order chi connectivity index (χ1) is 12.0. The molecule has 2 rings (SSSR count). The van der Waals surface area contributed by atoms with E-state index in [0.717, 1.165) is 19.5 Å². The van der Waals surface area contributed by atoms with Crippen LogP contribution in [0.3, 0.4) is 0 Å². The highest BCUT2D eigenvalue weighted by atomic mass is 35.5. The van der Waals surface area contributed by atoms with E-state index in [0.29, 0.717) is 24.8 Å². The molecule has 1 aliphatic heterocycles. The highest BCUT2D eigenvalue weighted by Crippen LogP contribution is 2.24. The number of benzene rings is 1. The quantitative estimate of drug-likeness (QED) is 0.674. The second kappa shape index (κ2) is 13.4. The maximum Gasteiger partial charge on any atom is 0.220 e. The van der Waals surface area contributed by atoms with Gasteiger partial charge >= 0.3 is 0 Å². The molecule has 27 heavy (non-hydrogen) atoms. The summed E-state index contributed by atoms with van der Waals surface area (Å²) in [6, 6.07) is 8.96. The van der Waals surface area contributed by atoms with E-state index in [1.54, 1.807) is 0 Å². The summed E-state index contributed by atoms with van der Waals surface area (Å²) in [5, 5.41) is 6.56. The van der Waals surface area contributed by atoms with Gasteiger partial charge in [0.15, 0.2) is 0 Å². The van der Waals surface area contributed by atoms with Gasteiger partial charge in [0.1, 0.15) is 0 Å². The number of nitrogens with one attached hydrogen (secondary N) is 2. The molecule has 0 bridgehead atoms. The van der Waals surface area contributed by atoms with Crippen LogP contribution in [0, 0.1) is 11.8 Å². The summed E-state index contributed by atoms with van der Waals surface area (Å²) in [5.74, 6) is 1.32. The molecule has 2 unspecified atom stereocenters. The molecule has 1 aliphatic rings. The summed E-state index contributed by atoms with van der Waals surface area (Å²) in [6.45, 7) is 7.24. The van der Waals surface area contributed by atoms with Crippen molar-refractivity contribution in [3.05, 3.63) is 35.4 Å². The van der Waals surface area contributed by atoms with E-state index in [9.17, 15) is 4.79 Å². The fourth-order valence-corrected chi connectivity index (χ4v) is 3.73. The van der Waals surface area contributed by atoms with E-state index in [1.807, 2.05) is 0 Å². The zero-order valence-corrected chi connectivity index (χ0v) is 18.8. The fraction of sp³-hybridized carbons (Fsp3) is 0.667. The van der Waals surface area contributed by atoms with E-state index in [2.05, 4.69) is 67.7 Å². The Balaban J connectivity index is 0.00000338. The molecule has 156 valence electrons. The van der Waals surface area contributed by atoms with Crippen LogP contribution in [0.4, 0.5) is 0 Å². The summed E-state index contributed by atoms with van der Waals surface area (Å²) < 4.78 is 0. The van der Waals surface area contributed by atoms with Crippen LogP contribution in [0.25, 0.3) is 0 Å². The molecule has 1 amide bonds. The van der Waals surface area contributed by atoms with Crippen molar-refractivity contribution in [2.75, 3.05) is 33.7 Å². The van der Waals surface area contributed by atoms with Gasteiger partial charge in [-0.2, -0.15) is 0 Å². The summed E-state index contributed by atoms with van der Waals surface area (Å²) in [7, 11) is 4.14. The zero-order chi connectivity index (χ0) is 18.2. The maximum absolute atomic E-state index is 12.4. The van der Waals surface area contributed by atoms with Crippen molar-refractivity contribution in [3.63, 3.8) is 0 Å². The molecule has 6 heteroatoms. The molecule has 1 saturated heterocycles. The number of carbonyl (C=O) groups excluding carboxylic acids is 1. The number of hydrogen-bond acceptors (Lipinski definition) is 3. The standard InChI is InChI=1S/C21H35N3O.2ClH/c1-5-17-6-8-19(9-7-17)20(24(3)4)15-23-21(25)14-16(2)18-10-12-22-13-11-18;;/h6-9,16,18,20,22H,5,10-15H2,1-4H3,(H,23,25);2*1H. The lowest BCUT2D eigenvalue weighted by Gasteiger charge is -2.29. The number of hydrogen-bond donors (Lipinski definition) is 2. The lowest BCUT2D eigenvalue weighted by Crippen LogP contribution is -2.37. The van der Waals surface area contributed by atoms with Crippen LogP contribution in [0.1, 0.15) is 50.3 Å². The fourth-order valence-electron chi connectivity index (χ4n) is 3.73. The third-order valence-corrected chi connectivity index (χ3v) is 5.58. The van der Waals surface area contributed by atoms with E-state index in [-0.39, 0.29) is 36.8 Å². The number of likely N-dealkylation sites (N-methyl/N-ethyl adjacent to an activating group) is 1. The topological polar surface area (TPSA) is 44.4 Å². The highest BCUT2D eigenvalue weighted by Gasteiger charge is 2.22. The summed E-state index contributed by atoms with van der Waals surface area (Å²) >= 11 is 0. The number of nitrogens with zero attached hydrogens (tertiary/aromatic N) is 1. The largest absolute Gasteiger partial charge is 0.354 e. The van der Waals surface area contributed by atoms with Gasteiger partial charge in [-0.1, -0.05) is 38.1 Å². The Labute approximate surface area is 177 Å². The minimum atomic E-state index is 0. The van der Waals surface area contributed by atoms with Crippen molar-refractivity contribution < 1.29 is 4.79 Å². The number of carbonyl (C=O) groups is 1. The number of halogens is 2. The maximum atomic E-state index is 12.4. The van der Waals surface area contributed by atoms with Crippen LogP contribution in [-0.2, 0) is 11.2 Å². The Hall–Kier alpha value is -0.810. The van der Waals surface area contributed by atoms with Gasteiger partial charge < -0.3 is 15.5 Å². The molecule has 1 fully saturated rings. The van der Waals surface area contributed by atoms with Gasteiger partial charge in [-0.15, -0.1) is 24.8 Å². The summed E-state index contributed by atoms with van der Waals surface area (Å²) in [6.07, 6.45) is 4.08. The number of amides is 1. The van der Waals surface area contributed by atoms with Gasteiger partial charge in [0, 0.05) is 13.0 Å². The smallest absolute Gasteiger partial charge is 0.220 e. The molecule has 2 N–H and O–H groups in total. The first-order valence-corrected chi connectivity index (χ1v) is 9.74. The van der Waals surface area contributed by atoms with E-state index >= 15 is 0 Å². The molecule has 4 nitrogen and oxygen atoms in total. The molecule has 0 radical (unpaired) electrons. The van der Waals surface area contributed by atoms with Crippen molar-refractivity contribution in [2.24, 2.45) is 11.8 Å². The molecule has 0 aromatic heterocycles. The Morgan fingerprint density at radius 1 is 1.19 bits per heavy atom. The zero-order valence-electron chi connectivity index (χ0n) is 17.2. The molecule has 0 saturated carbocycles. The van der Waals surface area contributed by atoms with Crippen molar-refractivity contribution in [2.45, 2.75) is 45.6 Å². The first-order valence-electron chi connectivity index (χ1n) is 9.74. The minimum Gasteiger partial charge on any atom is -0.354 e. The molecule has 0 aliphatic carbocycles. The number of rotatable bonds is 8. The van der Waals surface area contributed by atoms with Crippen LogP contribution >= 0.6 is 24.8 Å². The van der Waals surface area contributed by atoms with E-state index < -0.39 is 0 Å². The van der Waals surface area contributed by atoms with Gasteiger partial charge in [0.25, 0.3) is 0 Å². The molecule has 0 spiro atoms. The number of aryl methyl sites for hydroxylation is 1. The highest BCUT2D eigenvalue weighted by molar-refractivity contribution is 5.85. The second-order valence-electron chi connectivity index (χ2n) is 7.65. The Kier molecular flexibility index (Phi) is 13.0. The molecule has 1 heterocycles. The van der Waals surface area contributed by atoms with Crippen molar-refractivity contribution >= 4 is 30.7 Å². The van der Waals surface area contributed by atoms with Gasteiger partial charge in [-0.25, -0.2) is 0 Å². The third kappa shape index (κ3) is 8.39. The number of piperidine rings is 1. The van der Waals surface area contributed by atoms with E-state index in [4.69, 9.17) is 0 Å². The lowest BCUT2D eigenvalue weighted by atomic mass is 9.84. The normalized spacial score (nSPS) is 16.8. The summed E-state index contributed by atoms with van der Waals surface area (Å²) in [4.78, 5) is 14.6. The van der Waals surface area contributed by atoms with Crippen molar-refractivity contribution in [1.82, 2.24) is 15.5 Å². The van der Waals surface area contributed by atoms with Crippen molar-refractivity contribution in [3.8, 4) is 0 Å². The summed E-state index contributed by atoms with van der Waals surface area (Å²) in [5.41, 5.74) is 2.61. The molecule has 2 atom stereocenters. The van der Waals surface area contributed by atoms with Gasteiger partial charge in [-0.05, 0) is 69.4 Å². The molecule has 1 aromatic rings. The van der Waals surface area contributed by atoms with Gasteiger partial charge in [-0.3, -0.25) is 4.79 Å². The average Bonchev–Trinajstić information content (AvgIpc) is 2.62. The molecule has 1 aromatic carbocycles. The molecular formula is C21H37Cl2N3O. The monoisotopic (exact) mass is 417 g/mol. The van der Waals surface area contributed by atoms with Gasteiger partial charge in [0.2, 0.25) is 5.91 Å². The third-order valence-electron chi connectivity index (χ3n) is 5.58. The average molecular weight is 418 g/mol. The predicted molar refractivity (Wildman–Crippen MR) is 119 cm³/mol.